The summed E-state index contributed by atoms with van der Waals surface area (Å²) in [5.41, 5.74) is 1.48. The maximum absolute atomic E-state index is 9.48. The molecule has 1 aromatic carbocycles. The Labute approximate surface area is 107 Å². The summed E-state index contributed by atoms with van der Waals surface area (Å²) in [5, 5.41) is 21.4. The van der Waals surface area contributed by atoms with Crippen LogP contribution in [0.1, 0.15) is 11.1 Å². The van der Waals surface area contributed by atoms with Gasteiger partial charge in [0.25, 0.3) is 0 Å². The third-order valence-corrected chi connectivity index (χ3v) is 2.46. The summed E-state index contributed by atoms with van der Waals surface area (Å²) in [6, 6.07) is 7.33. The topological polar surface area (TPSA) is 74.5 Å². The second-order valence-electron chi connectivity index (χ2n) is 3.88. The van der Waals surface area contributed by atoms with E-state index in [2.05, 4.69) is 11.4 Å². The maximum Gasteiger partial charge on any atom is 0.123 e. The van der Waals surface area contributed by atoms with Gasteiger partial charge in [-0.2, -0.15) is 5.26 Å². The van der Waals surface area contributed by atoms with Crippen LogP contribution in [-0.4, -0.2) is 38.6 Å². The minimum absolute atomic E-state index is 0.294. The molecule has 0 heterocycles. The average Bonchev–Trinajstić information content (AvgIpc) is 2.39. The lowest BCUT2D eigenvalue weighted by atomic mass is 10.1. The highest BCUT2D eigenvalue weighted by atomic mass is 16.5. The summed E-state index contributed by atoms with van der Waals surface area (Å²) in [7, 11) is 3.13. The Morgan fingerprint density at radius 1 is 1.44 bits per heavy atom. The van der Waals surface area contributed by atoms with E-state index in [1.54, 1.807) is 32.4 Å². The highest BCUT2D eigenvalue weighted by Crippen LogP contribution is 2.19. The number of aliphatic hydroxyl groups excluding tert-OH is 1. The molecule has 1 rings (SSSR count). The lowest BCUT2D eigenvalue weighted by Gasteiger charge is -2.12. The molecule has 1 aromatic rings. The number of rotatable bonds is 7. The quantitative estimate of drug-likeness (QED) is 0.743. The van der Waals surface area contributed by atoms with E-state index in [4.69, 9.17) is 14.7 Å². The molecule has 0 fully saturated rings. The number of nitrogens with one attached hydrogen (secondary N) is 1. The summed E-state index contributed by atoms with van der Waals surface area (Å²) < 4.78 is 10.0. The van der Waals surface area contributed by atoms with Crippen molar-refractivity contribution in [1.82, 2.24) is 5.32 Å². The number of methoxy groups -OCH3 is 2. The van der Waals surface area contributed by atoms with E-state index < -0.39 is 6.10 Å². The Morgan fingerprint density at radius 2 is 2.22 bits per heavy atom. The van der Waals surface area contributed by atoms with Crippen molar-refractivity contribution in [2.45, 2.75) is 12.6 Å². The van der Waals surface area contributed by atoms with Gasteiger partial charge >= 0.3 is 0 Å². The van der Waals surface area contributed by atoms with Crippen molar-refractivity contribution in [2.75, 3.05) is 27.4 Å². The first-order chi connectivity index (χ1) is 8.71. The van der Waals surface area contributed by atoms with E-state index in [1.165, 1.54) is 0 Å². The monoisotopic (exact) mass is 250 g/mol. The molecule has 0 radical (unpaired) electrons. The zero-order valence-electron chi connectivity index (χ0n) is 10.6. The molecule has 0 aliphatic rings. The Kier molecular flexibility index (Phi) is 6.15. The molecule has 0 bridgehead atoms. The number of nitrogens with zero attached hydrogens (tertiary/aromatic N) is 1. The van der Waals surface area contributed by atoms with Crippen LogP contribution in [0.15, 0.2) is 18.2 Å². The molecule has 2 N–H and O–H groups in total. The van der Waals surface area contributed by atoms with Gasteiger partial charge in [0.1, 0.15) is 5.75 Å². The number of nitriles is 1. The molecule has 0 saturated carbocycles. The lowest BCUT2D eigenvalue weighted by molar-refractivity contribution is 0.0644. The summed E-state index contributed by atoms with van der Waals surface area (Å²) in [4.78, 5) is 0. The van der Waals surface area contributed by atoms with Gasteiger partial charge in [-0.15, -0.1) is 0 Å². The molecule has 0 spiro atoms. The van der Waals surface area contributed by atoms with Crippen molar-refractivity contribution >= 4 is 0 Å². The van der Waals surface area contributed by atoms with E-state index >= 15 is 0 Å². The van der Waals surface area contributed by atoms with Gasteiger partial charge in [-0.25, -0.2) is 0 Å². The first-order valence-corrected chi connectivity index (χ1v) is 5.66. The minimum atomic E-state index is -0.542. The second-order valence-corrected chi connectivity index (χ2v) is 3.88. The first-order valence-electron chi connectivity index (χ1n) is 5.66. The van der Waals surface area contributed by atoms with Crippen molar-refractivity contribution in [2.24, 2.45) is 0 Å². The number of benzene rings is 1. The summed E-state index contributed by atoms with van der Waals surface area (Å²) in [5.74, 6) is 0.725. The van der Waals surface area contributed by atoms with E-state index in [9.17, 15) is 5.11 Å². The Bertz CT molecular complexity index is 415. The van der Waals surface area contributed by atoms with Gasteiger partial charge < -0.3 is 19.9 Å². The number of hydrogen-bond donors (Lipinski definition) is 2. The molecule has 0 aliphatic carbocycles. The molecular weight excluding hydrogens is 232 g/mol. The largest absolute Gasteiger partial charge is 0.496 e. The van der Waals surface area contributed by atoms with Gasteiger partial charge in [0.05, 0.1) is 31.5 Å². The van der Waals surface area contributed by atoms with Crippen LogP contribution in [0.3, 0.4) is 0 Å². The minimum Gasteiger partial charge on any atom is -0.496 e. The van der Waals surface area contributed by atoms with Gasteiger partial charge in [0.15, 0.2) is 0 Å². The summed E-state index contributed by atoms with van der Waals surface area (Å²) in [6.07, 6.45) is -0.542. The van der Waals surface area contributed by atoms with Crippen LogP contribution in [0.5, 0.6) is 5.75 Å². The van der Waals surface area contributed by atoms with Gasteiger partial charge in [-0.3, -0.25) is 0 Å². The highest BCUT2D eigenvalue weighted by Gasteiger charge is 2.06. The molecular formula is C13H18N2O3. The zero-order valence-corrected chi connectivity index (χ0v) is 10.6. The fourth-order valence-corrected chi connectivity index (χ4v) is 1.61. The second kappa shape index (κ2) is 7.67. The van der Waals surface area contributed by atoms with E-state index in [0.717, 1.165) is 11.3 Å². The standard InChI is InChI=1S/C13H18N2O3/c1-17-9-12(16)8-15-7-11-5-10(6-14)3-4-13(11)18-2/h3-5,12,15-16H,7-9H2,1-2H3. The van der Waals surface area contributed by atoms with Crippen LogP contribution in [0, 0.1) is 11.3 Å². The van der Waals surface area contributed by atoms with Crippen LogP contribution in [-0.2, 0) is 11.3 Å². The normalized spacial score (nSPS) is 11.9. The third kappa shape index (κ3) is 4.34. The Balaban J connectivity index is 2.57. The van der Waals surface area contributed by atoms with Gasteiger partial charge in [-0.05, 0) is 18.2 Å². The van der Waals surface area contributed by atoms with Crippen molar-refractivity contribution in [3.8, 4) is 11.8 Å². The number of hydrogen-bond acceptors (Lipinski definition) is 5. The fraction of sp³-hybridized carbons (Fsp3) is 0.462. The van der Waals surface area contributed by atoms with Crippen molar-refractivity contribution < 1.29 is 14.6 Å². The molecule has 0 aromatic heterocycles. The third-order valence-electron chi connectivity index (χ3n) is 2.46. The van der Waals surface area contributed by atoms with Gasteiger partial charge in [0.2, 0.25) is 0 Å². The molecule has 5 nitrogen and oxygen atoms in total. The van der Waals surface area contributed by atoms with E-state index in [0.29, 0.717) is 25.3 Å². The number of aliphatic hydroxyl groups is 1. The lowest BCUT2D eigenvalue weighted by Crippen LogP contribution is -2.29. The smallest absolute Gasteiger partial charge is 0.123 e. The summed E-state index contributed by atoms with van der Waals surface area (Å²) >= 11 is 0. The Hall–Kier alpha value is -1.61. The van der Waals surface area contributed by atoms with E-state index in [1.807, 2.05) is 0 Å². The van der Waals surface area contributed by atoms with Crippen LogP contribution in [0.25, 0.3) is 0 Å². The first kappa shape index (κ1) is 14.5. The van der Waals surface area contributed by atoms with Crippen LogP contribution < -0.4 is 10.1 Å². The molecule has 0 saturated heterocycles. The predicted molar refractivity (Wildman–Crippen MR) is 67.3 cm³/mol. The van der Waals surface area contributed by atoms with Crippen LogP contribution in [0.2, 0.25) is 0 Å². The van der Waals surface area contributed by atoms with Gasteiger partial charge in [-0.1, -0.05) is 0 Å². The Morgan fingerprint density at radius 3 is 2.83 bits per heavy atom. The average molecular weight is 250 g/mol. The molecule has 0 amide bonds. The van der Waals surface area contributed by atoms with Gasteiger partial charge in [0, 0.05) is 25.8 Å². The van der Waals surface area contributed by atoms with E-state index in [-0.39, 0.29) is 0 Å². The molecule has 5 heteroatoms. The predicted octanol–water partition coefficient (Wildman–Crippen LogP) is 0.664. The maximum atomic E-state index is 9.48. The SMILES string of the molecule is COCC(O)CNCc1cc(C#N)ccc1OC. The molecule has 1 unspecified atom stereocenters. The fourth-order valence-electron chi connectivity index (χ4n) is 1.61. The molecule has 0 aliphatic heterocycles. The highest BCUT2D eigenvalue weighted by molar-refractivity contribution is 5.41. The molecule has 18 heavy (non-hydrogen) atoms. The van der Waals surface area contributed by atoms with Crippen molar-refractivity contribution in [3.63, 3.8) is 0 Å². The number of ether oxygens (including phenoxy) is 2. The van der Waals surface area contributed by atoms with Crippen LogP contribution >= 0.6 is 0 Å². The van der Waals surface area contributed by atoms with Crippen molar-refractivity contribution in [1.29, 1.82) is 5.26 Å². The molecule has 1 atom stereocenters. The molecule has 98 valence electrons. The zero-order chi connectivity index (χ0) is 13.4. The summed E-state index contributed by atoms with van der Waals surface area (Å²) in [6.45, 7) is 1.25. The van der Waals surface area contributed by atoms with Crippen molar-refractivity contribution in [3.05, 3.63) is 29.3 Å². The van der Waals surface area contributed by atoms with Crippen LogP contribution in [0.4, 0.5) is 0 Å².